The Morgan fingerprint density at radius 3 is 2.61 bits per heavy atom. The topological polar surface area (TPSA) is 74.1 Å². The Bertz CT molecular complexity index is 426. The fraction of sp³-hybridized carbons (Fsp3) is 0.667. The van der Waals surface area contributed by atoms with Crippen molar-refractivity contribution in [2.45, 2.75) is 46.6 Å². The van der Waals surface area contributed by atoms with Gasteiger partial charge in [0.25, 0.3) is 0 Å². The molecular weight excluding hydrogens is 234 g/mol. The van der Waals surface area contributed by atoms with Crippen LogP contribution in [0, 0.1) is 6.92 Å². The molecule has 1 rings (SSSR count). The third kappa shape index (κ3) is 3.94. The van der Waals surface area contributed by atoms with Crippen LogP contribution in [0.3, 0.4) is 0 Å². The summed E-state index contributed by atoms with van der Waals surface area (Å²) in [6, 6.07) is 0. The van der Waals surface area contributed by atoms with Gasteiger partial charge in [0.2, 0.25) is 0 Å². The fourth-order valence-electron chi connectivity index (χ4n) is 1.54. The summed E-state index contributed by atoms with van der Waals surface area (Å²) in [6.07, 6.45) is 3.00. The van der Waals surface area contributed by atoms with Gasteiger partial charge >= 0.3 is 5.97 Å². The van der Waals surface area contributed by atoms with Crippen molar-refractivity contribution in [2.24, 2.45) is 0 Å². The molecule has 0 saturated carbocycles. The Morgan fingerprint density at radius 1 is 1.33 bits per heavy atom. The van der Waals surface area contributed by atoms with Gasteiger partial charge in [-0.25, -0.2) is 4.68 Å². The Morgan fingerprint density at radius 2 is 2.06 bits per heavy atom. The maximum atomic E-state index is 11.5. The van der Waals surface area contributed by atoms with Gasteiger partial charge in [0.1, 0.15) is 6.54 Å². The van der Waals surface area contributed by atoms with E-state index in [2.05, 4.69) is 17.2 Å². The van der Waals surface area contributed by atoms with Gasteiger partial charge in [-0.1, -0.05) is 25.0 Å². The summed E-state index contributed by atoms with van der Waals surface area (Å²) in [5, 5.41) is 7.50. The fourth-order valence-corrected chi connectivity index (χ4v) is 1.54. The van der Waals surface area contributed by atoms with Gasteiger partial charge in [-0.15, -0.1) is 5.10 Å². The molecule has 6 nitrogen and oxygen atoms in total. The number of carbonyl (C=O) groups excluding carboxylic acids is 2. The lowest BCUT2D eigenvalue weighted by atomic mass is 10.2. The zero-order valence-corrected chi connectivity index (χ0v) is 11.1. The number of hydrogen-bond acceptors (Lipinski definition) is 5. The summed E-state index contributed by atoms with van der Waals surface area (Å²) >= 11 is 0. The number of esters is 1. The maximum absolute atomic E-state index is 11.5. The molecule has 0 N–H and O–H groups in total. The Labute approximate surface area is 106 Å². The van der Waals surface area contributed by atoms with Gasteiger partial charge in [0.15, 0.2) is 11.5 Å². The highest BCUT2D eigenvalue weighted by atomic mass is 16.5. The van der Waals surface area contributed by atoms with E-state index in [0.29, 0.717) is 18.0 Å². The van der Waals surface area contributed by atoms with Gasteiger partial charge in [-0.2, -0.15) is 0 Å². The second kappa shape index (κ2) is 6.88. The molecule has 0 bridgehead atoms. The van der Waals surface area contributed by atoms with E-state index in [1.165, 1.54) is 11.6 Å². The molecule has 0 aromatic carbocycles. The minimum absolute atomic E-state index is 0.00175. The standard InChI is InChI=1S/C12H19N3O3/c1-4-5-6-7-18-11(17)8-15-9(2)12(10(3)16)13-14-15/h4-8H2,1-3H3. The Kier molecular flexibility index (Phi) is 5.48. The van der Waals surface area contributed by atoms with Crippen molar-refractivity contribution >= 4 is 11.8 Å². The van der Waals surface area contributed by atoms with Gasteiger partial charge in [-0.3, -0.25) is 9.59 Å². The summed E-state index contributed by atoms with van der Waals surface area (Å²) < 4.78 is 6.45. The van der Waals surface area contributed by atoms with E-state index in [1.807, 2.05) is 0 Å². The number of carbonyl (C=O) groups is 2. The van der Waals surface area contributed by atoms with Crippen LogP contribution >= 0.6 is 0 Å². The van der Waals surface area contributed by atoms with Crippen LogP contribution in [0.15, 0.2) is 0 Å². The van der Waals surface area contributed by atoms with Crippen LogP contribution in [0.2, 0.25) is 0 Å². The molecule has 0 radical (unpaired) electrons. The van der Waals surface area contributed by atoms with Crippen LogP contribution in [0.1, 0.15) is 49.3 Å². The zero-order valence-electron chi connectivity index (χ0n) is 11.1. The second-order valence-electron chi connectivity index (χ2n) is 4.16. The molecule has 0 spiro atoms. The number of Topliss-reactive ketones (excluding diaryl/α,β-unsaturated/α-hetero) is 1. The van der Waals surface area contributed by atoms with Crippen molar-refractivity contribution in [3.05, 3.63) is 11.4 Å². The molecule has 0 saturated heterocycles. The van der Waals surface area contributed by atoms with Gasteiger partial charge in [0, 0.05) is 6.92 Å². The van der Waals surface area contributed by atoms with E-state index >= 15 is 0 Å². The van der Waals surface area contributed by atoms with Crippen LogP contribution in [-0.4, -0.2) is 33.4 Å². The molecule has 0 aliphatic rings. The molecule has 0 aliphatic heterocycles. The molecule has 0 fully saturated rings. The third-order valence-corrected chi connectivity index (χ3v) is 2.61. The minimum Gasteiger partial charge on any atom is -0.464 e. The summed E-state index contributed by atoms with van der Waals surface area (Å²) in [5.74, 6) is -0.510. The second-order valence-corrected chi connectivity index (χ2v) is 4.16. The molecule has 1 aromatic heterocycles. The molecule has 0 unspecified atom stereocenters. The number of unbranched alkanes of at least 4 members (excludes halogenated alkanes) is 2. The summed E-state index contributed by atoms with van der Waals surface area (Å²) in [7, 11) is 0. The summed E-state index contributed by atoms with van der Waals surface area (Å²) in [6.45, 7) is 5.65. The number of aromatic nitrogens is 3. The van der Waals surface area contributed by atoms with Crippen molar-refractivity contribution in [1.29, 1.82) is 0 Å². The highest BCUT2D eigenvalue weighted by Crippen LogP contribution is 2.04. The predicted molar refractivity (Wildman–Crippen MR) is 65.2 cm³/mol. The van der Waals surface area contributed by atoms with Crippen LogP contribution in [0.25, 0.3) is 0 Å². The number of ketones is 1. The number of nitrogens with zero attached hydrogens (tertiary/aromatic N) is 3. The highest BCUT2D eigenvalue weighted by molar-refractivity contribution is 5.93. The lowest BCUT2D eigenvalue weighted by molar-refractivity contribution is -0.144. The quantitative estimate of drug-likeness (QED) is 0.418. The Balaban J connectivity index is 2.47. The van der Waals surface area contributed by atoms with Crippen LogP contribution in [0.4, 0.5) is 0 Å². The summed E-state index contributed by atoms with van der Waals surface area (Å²) in [4.78, 5) is 22.7. The first-order valence-corrected chi connectivity index (χ1v) is 6.13. The van der Waals surface area contributed by atoms with Crippen LogP contribution < -0.4 is 0 Å². The average molecular weight is 253 g/mol. The van der Waals surface area contributed by atoms with Gasteiger partial charge in [0.05, 0.1) is 12.3 Å². The molecule has 0 aliphatic carbocycles. The van der Waals surface area contributed by atoms with E-state index in [1.54, 1.807) is 6.92 Å². The molecule has 18 heavy (non-hydrogen) atoms. The molecular formula is C12H19N3O3. The van der Waals surface area contributed by atoms with E-state index < -0.39 is 0 Å². The normalized spacial score (nSPS) is 10.4. The largest absolute Gasteiger partial charge is 0.464 e. The van der Waals surface area contributed by atoms with Crippen molar-refractivity contribution in [3.8, 4) is 0 Å². The lowest BCUT2D eigenvalue weighted by Gasteiger charge is -2.05. The van der Waals surface area contributed by atoms with E-state index in [4.69, 9.17) is 4.74 Å². The van der Waals surface area contributed by atoms with Crippen molar-refractivity contribution in [1.82, 2.24) is 15.0 Å². The third-order valence-electron chi connectivity index (χ3n) is 2.61. The van der Waals surface area contributed by atoms with E-state index in [9.17, 15) is 9.59 Å². The molecule has 0 amide bonds. The SMILES string of the molecule is CCCCCOC(=O)Cn1nnc(C(C)=O)c1C. The minimum atomic E-state index is -0.353. The molecule has 1 aromatic rings. The monoisotopic (exact) mass is 253 g/mol. The average Bonchev–Trinajstić information content (AvgIpc) is 2.67. The van der Waals surface area contributed by atoms with Crippen molar-refractivity contribution in [2.75, 3.05) is 6.61 Å². The van der Waals surface area contributed by atoms with Crippen LogP contribution in [0.5, 0.6) is 0 Å². The molecule has 6 heteroatoms. The van der Waals surface area contributed by atoms with E-state index in [0.717, 1.165) is 19.3 Å². The zero-order chi connectivity index (χ0) is 13.5. The number of rotatable bonds is 7. The first-order valence-electron chi connectivity index (χ1n) is 6.13. The molecule has 1 heterocycles. The lowest BCUT2D eigenvalue weighted by Crippen LogP contribution is -2.16. The van der Waals surface area contributed by atoms with Crippen molar-refractivity contribution in [3.63, 3.8) is 0 Å². The molecule has 0 atom stereocenters. The summed E-state index contributed by atoms with van der Waals surface area (Å²) in [5.41, 5.74) is 0.891. The molecule has 100 valence electrons. The predicted octanol–water partition coefficient (Wildman–Crippen LogP) is 1.52. The van der Waals surface area contributed by atoms with E-state index in [-0.39, 0.29) is 18.3 Å². The van der Waals surface area contributed by atoms with Gasteiger partial charge in [-0.05, 0) is 13.3 Å². The smallest absolute Gasteiger partial charge is 0.327 e. The number of ether oxygens (including phenoxy) is 1. The maximum Gasteiger partial charge on any atom is 0.327 e. The highest BCUT2D eigenvalue weighted by Gasteiger charge is 2.14. The first kappa shape index (κ1) is 14.3. The number of hydrogen-bond donors (Lipinski definition) is 0. The first-order chi connectivity index (χ1) is 8.56. The van der Waals surface area contributed by atoms with Gasteiger partial charge < -0.3 is 4.74 Å². The Hall–Kier alpha value is -1.72. The van der Waals surface area contributed by atoms with Crippen LogP contribution in [-0.2, 0) is 16.1 Å². The van der Waals surface area contributed by atoms with Crippen molar-refractivity contribution < 1.29 is 14.3 Å².